The maximum absolute atomic E-state index is 11.6. The second-order valence-corrected chi connectivity index (χ2v) is 6.44. The molecule has 2 heterocycles. The Labute approximate surface area is 136 Å². The summed E-state index contributed by atoms with van der Waals surface area (Å²) in [5.41, 5.74) is 0.814. The minimum atomic E-state index is -0.961. The van der Waals surface area contributed by atoms with E-state index < -0.39 is 12.0 Å². The summed E-state index contributed by atoms with van der Waals surface area (Å²) < 4.78 is 0. The van der Waals surface area contributed by atoms with Gasteiger partial charge in [0, 0.05) is 11.3 Å². The number of carbonyl (C=O) groups is 1. The number of hydrogen-bond acceptors (Lipinski definition) is 6. The first-order chi connectivity index (χ1) is 11.0. The number of phenolic OH excluding ortho intramolecular Hbond substituents is 1. The number of phenols is 1. The molecule has 0 fully saturated rings. The van der Waals surface area contributed by atoms with E-state index in [0.717, 1.165) is 20.7 Å². The molecule has 2 aromatic heterocycles. The molecule has 23 heavy (non-hydrogen) atoms. The maximum atomic E-state index is 11.6. The Hall–Kier alpha value is -2.67. The normalized spacial score (nSPS) is 12.2. The van der Waals surface area contributed by atoms with Crippen molar-refractivity contribution in [2.45, 2.75) is 19.4 Å². The lowest BCUT2D eigenvalue weighted by molar-refractivity contribution is -0.137. The molecule has 6 nitrogen and oxygen atoms in total. The largest absolute Gasteiger partial charge is 0.508 e. The van der Waals surface area contributed by atoms with E-state index in [1.807, 2.05) is 13.0 Å². The number of benzene rings is 1. The minimum Gasteiger partial charge on any atom is -0.508 e. The fourth-order valence-electron chi connectivity index (χ4n) is 2.32. The van der Waals surface area contributed by atoms with Crippen LogP contribution in [0.2, 0.25) is 0 Å². The molecule has 0 radical (unpaired) electrons. The highest BCUT2D eigenvalue weighted by atomic mass is 32.1. The van der Waals surface area contributed by atoms with Crippen LogP contribution in [0.15, 0.2) is 36.7 Å². The number of aromatic nitrogens is 2. The van der Waals surface area contributed by atoms with Crippen molar-refractivity contribution in [1.82, 2.24) is 9.97 Å². The highest BCUT2D eigenvalue weighted by Crippen LogP contribution is 2.28. The van der Waals surface area contributed by atoms with E-state index >= 15 is 0 Å². The predicted octanol–water partition coefficient (Wildman–Crippen LogP) is 2.81. The summed E-state index contributed by atoms with van der Waals surface area (Å²) in [6, 6.07) is 7.62. The highest BCUT2D eigenvalue weighted by Gasteiger charge is 2.20. The first-order valence-corrected chi connectivity index (χ1v) is 7.83. The van der Waals surface area contributed by atoms with Crippen molar-refractivity contribution in [3.8, 4) is 5.75 Å². The molecule has 0 saturated heterocycles. The predicted molar refractivity (Wildman–Crippen MR) is 89.0 cm³/mol. The molecule has 0 aliphatic heterocycles. The molecule has 0 bridgehead atoms. The molecule has 0 aliphatic carbocycles. The SMILES string of the molecule is Cc1cc2c(NC(Cc3ccc(O)cc3)C(=O)O)ncnc2s1. The zero-order valence-corrected chi connectivity index (χ0v) is 13.2. The molecule has 118 valence electrons. The van der Waals surface area contributed by atoms with Gasteiger partial charge in [0.25, 0.3) is 0 Å². The first-order valence-electron chi connectivity index (χ1n) is 7.01. The lowest BCUT2D eigenvalue weighted by atomic mass is 10.1. The highest BCUT2D eigenvalue weighted by molar-refractivity contribution is 7.18. The molecule has 1 atom stereocenters. The molecule has 1 unspecified atom stereocenters. The van der Waals surface area contributed by atoms with Gasteiger partial charge in [0.05, 0.1) is 5.39 Å². The average Bonchev–Trinajstić information content (AvgIpc) is 2.90. The number of carboxylic acid groups (broad SMARTS) is 1. The van der Waals surface area contributed by atoms with Gasteiger partial charge in [-0.2, -0.15) is 0 Å². The number of aromatic hydroxyl groups is 1. The van der Waals surface area contributed by atoms with Gasteiger partial charge in [-0.15, -0.1) is 11.3 Å². The lowest BCUT2D eigenvalue weighted by Gasteiger charge is -2.15. The quantitative estimate of drug-likeness (QED) is 0.666. The topological polar surface area (TPSA) is 95.3 Å². The number of rotatable bonds is 5. The molecular formula is C16H15N3O3S. The summed E-state index contributed by atoms with van der Waals surface area (Å²) in [5, 5.41) is 22.6. The summed E-state index contributed by atoms with van der Waals surface area (Å²) in [7, 11) is 0. The Kier molecular flexibility index (Phi) is 4.12. The third-order valence-electron chi connectivity index (χ3n) is 3.44. The smallest absolute Gasteiger partial charge is 0.326 e. The fourth-order valence-corrected chi connectivity index (χ4v) is 3.17. The maximum Gasteiger partial charge on any atom is 0.326 e. The van der Waals surface area contributed by atoms with E-state index in [2.05, 4.69) is 15.3 Å². The number of carboxylic acids is 1. The minimum absolute atomic E-state index is 0.153. The van der Waals surface area contributed by atoms with Gasteiger partial charge in [0.15, 0.2) is 0 Å². The third kappa shape index (κ3) is 3.40. The van der Waals surface area contributed by atoms with E-state index in [1.165, 1.54) is 6.33 Å². The summed E-state index contributed by atoms with van der Waals surface area (Å²) in [6.45, 7) is 1.97. The molecule has 0 aliphatic rings. The van der Waals surface area contributed by atoms with Crippen LogP contribution >= 0.6 is 11.3 Å². The number of nitrogens with zero attached hydrogens (tertiary/aromatic N) is 2. The fraction of sp³-hybridized carbons (Fsp3) is 0.188. The number of thiophene rings is 1. The first kappa shape index (κ1) is 15.2. The molecule has 3 aromatic rings. The zero-order valence-electron chi connectivity index (χ0n) is 12.4. The second kappa shape index (κ2) is 6.21. The van der Waals surface area contributed by atoms with Crippen LogP contribution in [0, 0.1) is 6.92 Å². The van der Waals surface area contributed by atoms with Crippen molar-refractivity contribution in [2.75, 3.05) is 5.32 Å². The van der Waals surface area contributed by atoms with Crippen molar-refractivity contribution < 1.29 is 15.0 Å². The van der Waals surface area contributed by atoms with Crippen LogP contribution in [0.25, 0.3) is 10.2 Å². The van der Waals surface area contributed by atoms with Crippen LogP contribution in [0.1, 0.15) is 10.4 Å². The summed E-state index contributed by atoms with van der Waals surface area (Å²) in [4.78, 5) is 21.9. The van der Waals surface area contributed by atoms with Crippen molar-refractivity contribution in [2.24, 2.45) is 0 Å². The van der Waals surface area contributed by atoms with Gasteiger partial charge >= 0.3 is 5.97 Å². The standard InChI is InChI=1S/C16H15N3O3S/c1-9-6-12-14(17-8-18-15(12)23-9)19-13(16(21)22)7-10-2-4-11(20)5-3-10/h2-6,8,13,20H,7H2,1H3,(H,21,22)(H,17,18,19). The monoisotopic (exact) mass is 329 g/mol. The van der Waals surface area contributed by atoms with Gasteiger partial charge in [-0.1, -0.05) is 12.1 Å². The molecule has 1 aromatic carbocycles. The van der Waals surface area contributed by atoms with Crippen molar-refractivity contribution in [1.29, 1.82) is 0 Å². The number of aliphatic carboxylic acids is 1. The van der Waals surface area contributed by atoms with Crippen molar-refractivity contribution in [3.05, 3.63) is 47.1 Å². The van der Waals surface area contributed by atoms with Gasteiger partial charge in [-0.25, -0.2) is 14.8 Å². The Balaban J connectivity index is 1.86. The van der Waals surface area contributed by atoms with Crippen LogP contribution in [0.3, 0.4) is 0 Å². The van der Waals surface area contributed by atoms with Crippen molar-refractivity contribution in [3.63, 3.8) is 0 Å². The van der Waals surface area contributed by atoms with Crippen LogP contribution in [0.5, 0.6) is 5.75 Å². The van der Waals surface area contributed by atoms with Crippen LogP contribution in [-0.2, 0) is 11.2 Å². The average molecular weight is 329 g/mol. The molecule has 0 saturated carbocycles. The van der Waals surface area contributed by atoms with E-state index in [1.54, 1.807) is 35.6 Å². The van der Waals surface area contributed by atoms with Gasteiger partial charge in [0.1, 0.15) is 28.8 Å². The zero-order chi connectivity index (χ0) is 16.4. The molecular weight excluding hydrogens is 314 g/mol. The Bertz CT molecular complexity index is 845. The lowest BCUT2D eigenvalue weighted by Crippen LogP contribution is -2.32. The Morgan fingerprint density at radius 1 is 1.30 bits per heavy atom. The Morgan fingerprint density at radius 2 is 2.04 bits per heavy atom. The molecule has 3 rings (SSSR count). The molecule has 0 spiro atoms. The number of fused-ring (bicyclic) bond motifs is 1. The second-order valence-electron chi connectivity index (χ2n) is 5.20. The van der Waals surface area contributed by atoms with Crippen molar-refractivity contribution >= 4 is 33.3 Å². The van der Waals surface area contributed by atoms with E-state index in [0.29, 0.717) is 5.82 Å². The molecule has 3 N–H and O–H groups in total. The number of aryl methyl sites for hydroxylation is 1. The van der Waals surface area contributed by atoms with Gasteiger partial charge in [0.2, 0.25) is 0 Å². The summed E-state index contributed by atoms with van der Waals surface area (Å²) in [6.07, 6.45) is 1.71. The number of anilines is 1. The molecule has 0 amide bonds. The summed E-state index contributed by atoms with van der Waals surface area (Å²) >= 11 is 1.54. The van der Waals surface area contributed by atoms with Crippen LogP contribution in [-0.4, -0.2) is 32.2 Å². The van der Waals surface area contributed by atoms with Gasteiger partial charge in [-0.05, 0) is 30.7 Å². The number of nitrogens with one attached hydrogen (secondary N) is 1. The van der Waals surface area contributed by atoms with Gasteiger partial charge in [-0.3, -0.25) is 0 Å². The summed E-state index contributed by atoms with van der Waals surface area (Å²) in [5.74, 6) is -0.290. The third-order valence-corrected chi connectivity index (χ3v) is 4.40. The Morgan fingerprint density at radius 3 is 2.74 bits per heavy atom. The van der Waals surface area contributed by atoms with E-state index in [4.69, 9.17) is 0 Å². The number of hydrogen-bond donors (Lipinski definition) is 3. The van der Waals surface area contributed by atoms with Gasteiger partial charge < -0.3 is 15.5 Å². The van der Waals surface area contributed by atoms with E-state index in [9.17, 15) is 15.0 Å². The molecule has 7 heteroatoms. The van der Waals surface area contributed by atoms with E-state index in [-0.39, 0.29) is 12.2 Å². The van der Waals surface area contributed by atoms with Crippen LogP contribution < -0.4 is 5.32 Å². The van der Waals surface area contributed by atoms with Crippen LogP contribution in [0.4, 0.5) is 5.82 Å².